The van der Waals surface area contributed by atoms with Crippen LogP contribution < -0.4 is 16.0 Å². The molecule has 0 aromatic carbocycles. The van der Waals surface area contributed by atoms with Gasteiger partial charge >= 0.3 is 6.03 Å². The van der Waals surface area contributed by atoms with Crippen LogP contribution in [0.4, 0.5) is 4.79 Å². The van der Waals surface area contributed by atoms with Crippen LogP contribution in [0, 0.1) is 0 Å². The average Bonchev–Trinajstić information content (AvgIpc) is 3.39. The highest BCUT2D eigenvalue weighted by Gasteiger charge is 2.33. The highest BCUT2D eigenvalue weighted by Crippen LogP contribution is 2.20. The summed E-state index contributed by atoms with van der Waals surface area (Å²) in [6.45, 7) is 3.43. The van der Waals surface area contributed by atoms with E-state index < -0.39 is 6.10 Å². The Kier molecular flexibility index (Phi) is 7.11. The topological polar surface area (TPSA) is 112 Å². The number of rotatable bonds is 6. The highest BCUT2D eigenvalue weighted by atomic mass is 16.6. The summed E-state index contributed by atoms with van der Waals surface area (Å²) in [5, 5.41) is 12.6. The molecular weight excluding hydrogens is 362 g/mol. The quantitative estimate of drug-likeness (QED) is 0.622. The molecule has 2 aliphatic heterocycles. The molecule has 0 radical (unpaired) electrons. The molecule has 9 heteroatoms. The van der Waals surface area contributed by atoms with E-state index in [1.54, 1.807) is 4.90 Å². The van der Waals surface area contributed by atoms with Crippen molar-refractivity contribution in [1.82, 2.24) is 20.9 Å². The van der Waals surface area contributed by atoms with Gasteiger partial charge in [-0.3, -0.25) is 9.59 Å². The van der Waals surface area contributed by atoms with Gasteiger partial charge in [0, 0.05) is 31.6 Å². The first-order valence-corrected chi connectivity index (χ1v) is 10.4. The number of nitrogens with one attached hydrogen (secondary N) is 3. The molecule has 1 aliphatic carbocycles. The number of hydrogen-bond donors (Lipinski definition) is 3. The van der Waals surface area contributed by atoms with E-state index in [0.29, 0.717) is 6.42 Å². The maximum atomic E-state index is 12.5. The average molecular weight is 393 g/mol. The maximum absolute atomic E-state index is 12.5. The summed E-state index contributed by atoms with van der Waals surface area (Å²) in [6, 6.07) is -0.457. The molecule has 1 saturated heterocycles. The van der Waals surface area contributed by atoms with E-state index in [0.717, 1.165) is 63.7 Å². The first-order chi connectivity index (χ1) is 13.6. The summed E-state index contributed by atoms with van der Waals surface area (Å²) in [5.74, 6) is -0.409. The summed E-state index contributed by atoms with van der Waals surface area (Å²) < 4.78 is 0. The van der Waals surface area contributed by atoms with Crippen LogP contribution in [0.2, 0.25) is 0 Å². The summed E-state index contributed by atoms with van der Waals surface area (Å²) in [5.41, 5.74) is 0.891. The molecule has 0 bridgehead atoms. The Hall–Kier alpha value is -2.32. The Morgan fingerprint density at radius 1 is 1.07 bits per heavy atom. The number of hydrogen-bond acceptors (Lipinski definition) is 5. The lowest BCUT2D eigenvalue weighted by Gasteiger charge is -2.33. The fraction of sp³-hybridized carbons (Fsp3) is 0.789. The number of urea groups is 1. The fourth-order valence-electron chi connectivity index (χ4n) is 3.97. The van der Waals surface area contributed by atoms with Crippen LogP contribution in [0.15, 0.2) is 5.16 Å². The lowest BCUT2D eigenvalue weighted by atomic mass is 9.90. The van der Waals surface area contributed by atoms with Gasteiger partial charge in [0.2, 0.25) is 12.0 Å². The van der Waals surface area contributed by atoms with E-state index in [2.05, 4.69) is 21.1 Å². The molecule has 2 fully saturated rings. The van der Waals surface area contributed by atoms with Crippen LogP contribution in [0.3, 0.4) is 0 Å². The molecule has 156 valence electrons. The molecule has 3 atom stereocenters. The number of nitrogens with zero attached hydrogens (tertiary/aromatic N) is 2. The number of carbonyl (C=O) groups is 3. The lowest BCUT2D eigenvalue weighted by molar-refractivity contribution is -0.132. The smallest absolute Gasteiger partial charge is 0.317 e. The number of oxime groups is 1. The standard InChI is InChI=1S/C19H31N5O4/c1-2-13-11-16(28-23-13)18(26)22-15-8-4-3-7-14(15)21-17(25)12-20-19(27)24-9-5-6-10-24/h14-16H,2-12H2,1H3,(H,20,27)(H,21,25)(H,22,26)/t14-,15-,16?/m1/s1. The molecule has 3 aliphatic rings. The number of carbonyl (C=O) groups excluding carboxylic acids is 3. The van der Waals surface area contributed by atoms with Crippen LogP contribution in [0.5, 0.6) is 0 Å². The molecule has 0 aromatic rings. The van der Waals surface area contributed by atoms with Gasteiger partial charge in [0.1, 0.15) is 0 Å². The highest BCUT2D eigenvalue weighted by molar-refractivity contribution is 5.92. The molecule has 1 unspecified atom stereocenters. The van der Waals surface area contributed by atoms with Gasteiger partial charge in [-0.25, -0.2) is 4.79 Å². The van der Waals surface area contributed by atoms with E-state index >= 15 is 0 Å². The Morgan fingerprint density at radius 2 is 1.75 bits per heavy atom. The maximum Gasteiger partial charge on any atom is 0.317 e. The monoisotopic (exact) mass is 393 g/mol. The van der Waals surface area contributed by atoms with Crippen molar-refractivity contribution in [2.45, 2.75) is 76.5 Å². The van der Waals surface area contributed by atoms with E-state index in [-0.39, 0.29) is 36.5 Å². The predicted molar refractivity (Wildman–Crippen MR) is 104 cm³/mol. The first-order valence-electron chi connectivity index (χ1n) is 10.4. The molecule has 1 saturated carbocycles. The van der Waals surface area contributed by atoms with Crippen LogP contribution in [-0.2, 0) is 14.4 Å². The largest absolute Gasteiger partial charge is 0.382 e. The second kappa shape index (κ2) is 9.75. The Bertz CT molecular complexity index is 617. The molecule has 3 N–H and O–H groups in total. The van der Waals surface area contributed by atoms with E-state index in [1.807, 2.05) is 6.92 Å². The van der Waals surface area contributed by atoms with Crippen molar-refractivity contribution in [2.75, 3.05) is 19.6 Å². The van der Waals surface area contributed by atoms with Gasteiger partial charge in [-0.15, -0.1) is 0 Å². The van der Waals surface area contributed by atoms with Gasteiger partial charge in [-0.2, -0.15) is 0 Å². The second-order valence-electron chi connectivity index (χ2n) is 7.74. The first kappa shape index (κ1) is 20.4. The van der Waals surface area contributed by atoms with Crippen molar-refractivity contribution in [3.63, 3.8) is 0 Å². The van der Waals surface area contributed by atoms with Gasteiger partial charge in [-0.1, -0.05) is 24.9 Å². The zero-order valence-corrected chi connectivity index (χ0v) is 16.5. The van der Waals surface area contributed by atoms with E-state index in [4.69, 9.17) is 4.84 Å². The van der Waals surface area contributed by atoms with Gasteiger partial charge in [-0.05, 0) is 32.1 Å². The minimum atomic E-state index is -0.576. The summed E-state index contributed by atoms with van der Waals surface area (Å²) >= 11 is 0. The number of amides is 4. The van der Waals surface area contributed by atoms with Crippen molar-refractivity contribution in [3.05, 3.63) is 0 Å². The van der Waals surface area contributed by atoms with Gasteiger partial charge in [0.25, 0.3) is 5.91 Å². The Balaban J connectivity index is 1.44. The van der Waals surface area contributed by atoms with Crippen LogP contribution in [-0.4, -0.2) is 66.3 Å². The summed E-state index contributed by atoms with van der Waals surface area (Å²) in [7, 11) is 0. The third-order valence-electron chi connectivity index (χ3n) is 5.66. The fourth-order valence-corrected chi connectivity index (χ4v) is 3.97. The third-order valence-corrected chi connectivity index (χ3v) is 5.66. The number of likely N-dealkylation sites (tertiary alicyclic amines) is 1. The van der Waals surface area contributed by atoms with Crippen LogP contribution >= 0.6 is 0 Å². The van der Waals surface area contributed by atoms with Crippen molar-refractivity contribution in [3.8, 4) is 0 Å². The van der Waals surface area contributed by atoms with Gasteiger partial charge in [0.15, 0.2) is 0 Å². The Labute approximate surface area is 165 Å². The van der Waals surface area contributed by atoms with Crippen molar-refractivity contribution in [2.24, 2.45) is 5.16 Å². The molecule has 0 spiro atoms. The van der Waals surface area contributed by atoms with Crippen LogP contribution in [0.25, 0.3) is 0 Å². The normalized spacial score (nSPS) is 27.0. The molecule has 3 rings (SSSR count). The molecule has 0 aromatic heterocycles. The summed E-state index contributed by atoms with van der Waals surface area (Å²) in [6.07, 6.45) is 6.37. The predicted octanol–water partition coefficient (Wildman–Crippen LogP) is 0.890. The molecule has 2 heterocycles. The zero-order chi connectivity index (χ0) is 19.9. The molecule has 9 nitrogen and oxygen atoms in total. The second-order valence-corrected chi connectivity index (χ2v) is 7.74. The molecule has 28 heavy (non-hydrogen) atoms. The van der Waals surface area contributed by atoms with Crippen molar-refractivity contribution < 1.29 is 19.2 Å². The van der Waals surface area contributed by atoms with E-state index in [1.165, 1.54) is 0 Å². The Morgan fingerprint density at radius 3 is 2.39 bits per heavy atom. The van der Waals surface area contributed by atoms with Crippen molar-refractivity contribution in [1.29, 1.82) is 0 Å². The molecular formula is C19H31N5O4. The minimum absolute atomic E-state index is 0.0497. The van der Waals surface area contributed by atoms with Gasteiger partial charge < -0.3 is 25.7 Å². The SMILES string of the molecule is CCC1=NOC(C(=O)N[C@@H]2CCCC[C@H]2NC(=O)CNC(=O)N2CCCC2)C1. The van der Waals surface area contributed by atoms with Crippen LogP contribution in [0.1, 0.15) is 58.3 Å². The minimum Gasteiger partial charge on any atom is -0.382 e. The van der Waals surface area contributed by atoms with Gasteiger partial charge in [0.05, 0.1) is 12.3 Å². The zero-order valence-electron chi connectivity index (χ0n) is 16.5. The summed E-state index contributed by atoms with van der Waals surface area (Å²) in [4.78, 5) is 43.7. The lowest BCUT2D eigenvalue weighted by Crippen LogP contribution is -2.56. The molecule has 4 amide bonds. The third kappa shape index (κ3) is 5.36. The van der Waals surface area contributed by atoms with E-state index in [9.17, 15) is 14.4 Å². The van der Waals surface area contributed by atoms with Crippen molar-refractivity contribution >= 4 is 23.6 Å².